The van der Waals surface area contributed by atoms with E-state index < -0.39 is 8.32 Å². The lowest BCUT2D eigenvalue weighted by Crippen LogP contribution is -2.54. The van der Waals surface area contributed by atoms with Crippen LogP contribution < -0.4 is 0 Å². The van der Waals surface area contributed by atoms with Crippen LogP contribution in [-0.2, 0) is 4.43 Å². The summed E-state index contributed by atoms with van der Waals surface area (Å²) < 4.78 is 6.90. The molecule has 1 aliphatic carbocycles. The van der Waals surface area contributed by atoms with Crippen LogP contribution in [0.2, 0.25) is 18.1 Å². The molecule has 0 unspecified atom stereocenters. The van der Waals surface area contributed by atoms with E-state index in [2.05, 4.69) is 65.8 Å². The number of rotatable bonds is 6. The van der Waals surface area contributed by atoms with E-state index in [1.165, 1.54) is 12.8 Å². The van der Waals surface area contributed by atoms with Crippen LogP contribution in [0.25, 0.3) is 0 Å². The van der Waals surface area contributed by atoms with E-state index in [1.807, 2.05) is 6.08 Å². The highest BCUT2D eigenvalue weighted by Gasteiger charge is 2.49. The van der Waals surface area contributed by atoms with E-state index >= 15 is 0 Å². The van der Waals surface area contributed by atoms with Crippen molar-refractivity contribution in [2.24, 2.45) is 11.8 Å². The first kappa shape index (κ1) is 18.4. The molecule has 0 aliphatic heterocycles. The lowest BCUT2D eigenvalue weighted by atomic mass is 9.67. The molecule has 120 valence electrons. The summed E-state index contributed by atoms with van der Waals surface area (Å²) in [5, 5.41) is 0.211. The van der Waals surface area contributed by atoms with Gasteiger partial charge in [-0.25, -0.2) is 0 Å². The number of allylic oxidation sites excluding steroid dienone is 2. The SMILES string of the molecule is C=CC[C@H]1[C@H](C=C)CCC[C@@]1(C=C)O[Si](C)(C)C(C)(C)C. The minimum atomic E-state index is -1.84. The highest BCUT2D eigenvalue weighted by molar-refractivity contribution is 6.74. The summed E-state index contributed by atoms with van der Waals surface area (Å²) in [7, 11) is -1.84. The van der Waals surface area contributed by atoms with E-state index in [9.17, 15) is 0 Å². The molecule has 3 atom stereocenters. The molecule has 1 saturated carbocycles. The van der Waals surface area contributed by atoms with Crippen LogP contribution >= 0.6 is 0 Å². The Morgan fingerprint density at radius 3 is 2.29 bits per heavy atom. The number of hydrogen-bond acceptors (Lipinski definition) is 1. The summed E-state index contributed by atoms with van der Waals surface area (Å²) in [5.41, 5.74) is -0.214. The lowest BCUT2D eigenvalue weighted by Gasteiger charge is -2.51. The van der Waals surface area contributed by atoms with Gasteiger partial charge in [-0.1, -0.05) is 39.0 Å². The van der Waals surface area contributed by atoms with Crippen LogP contribution in [0.15, 0.2) is 38.0 Å². The van der Waals surface area contributed by atoms with Gasteiger partial charge in [-0.2, -0.15) is 0 Å². The Morgan fingerprint density at radius 2 is 1.86 bits per heavy atom. The fourth-order valence-corrected chi connectivity index (χ4v) is 4.84. The maximum absolute atomic E-state index is 6.90. The average molecular weight is 307 g/mol. The van der Waals surface area contributed by atoms with Crippen molar-refractivity contribution in [3.05, 3.63) is 38.0 Å². The Labute approximate surface area is 133 Å². The van der Waals surface area contributed by atoms with E-state index in [0.717, 1.165) is 12.8 Å². The molecule has 0 heterocycles. The second-order valence-electron chi connectivity index (χ2n) is 7.94. The van der Waals surface area contributed by atoms with Crippen molar-refractivity contribution in [3.63, 3.8) is 0 Å². The zero-order valence-corrected chi connectivity index (χ0v) is 15.7. The normalized spacial score (nSPS) is 30.7. The summed E-state index contributed by atoms with van der Waals surface area (Å²) in [5.74, 6) is 0.924. The van der Waals surface area contributed by atoms with Crippen molar-refractivity contribution in [1.29, 1.82) is 0 Å². The van der Waals surface area contributed by atoms with Crippen LogP contribution in [0, 0.1) is 11.8 Å². The van der Waals surface area contributed by atoms with Gasteiger partial charge >= 0.3 is 0 Å². The van der Waals surface area contributed by atoms with Crippen LogP contribution in [0.4, 0.5) is 0 Å². The molecule has 0 amide bonds. The zero-order chi connectivity index (χ0) is 16.3. The molecule has 0 N–H and O–H groups in total. The summed E-state index contributed by atoms with van der Waals surface area (Å²) in [4.78, 5) is 0. The second kappa shape index (κ2) is 6.66. The Morgan fingerprint density at radius 1 is 1.24 bits per heavy atom. The molecule has 0 bridgehead atoms. The molecule has 0 aromatic heterocycles. The van der Waals surface area contributed by atoms with Crippen LogP contribution in [0.1, 0.15) is 46.5 Å². The largest absolute Gasteiger partial charge is 0.408 e. The molecule has 1 rings (SSSR count). The predicted molar refractivity (Wildman–Crippen MR) is 97.1 cm³/mol. The summed E-state index contributed by atoms with van der Waals surface area (Å²) >= 11 is 0. The van der Waals surface area contributed by atoms with E-state index in [4.69, 9.17) is 4.43 Å². The molecule has 1 aliphatic rings. The molecule has 1 nitrogen and oxygen atoms in total. The Kier molecular flexibility index (Phi) is 5.85. The van der Waals surface area contributed by atoms with E-state index in [-0.39, 0.29) is 10.6 Å². The topological polar surface area (TPSA) is 9.23 Å². The van der Waals surface area contributed by atoms with Crippen molar-refractivity contribution >= 4 is 8.32 Å². The molecular weight excluding hydrogens is 272 g/mol. The second-order valence-corrected chi connectivity index (χ2v) is 12.7. The van der Waals surface area contributed by atoms with Gasteiger partial charge in [-0.15, -0.1) is 19.7 Å². The van der Waals surface area contributed by atoms with Crippen molar-refractivity contribution < 1.29 is 4.43 Å². The molecule has 1 fully saturated rings. The van der Waals surface area contributed by atoms with Gasteiger partial charge in [-0.3, -0.25) is 0 Å². The van der Waals surface area contributed by atoms with Gasteiger partial charge in [0.25, 0.3) is 0 Å². The van der Waals surface area contributed by atoms with Gasteiger partial charge in [-0.05, 0) is 49.7 Å². The smallest absolute Gasteiger partial charge is 0.193 e. The van der Waals surface area contributed by atoms with Crippen molar-refractivity contribution in [2.75, 3.05) is 0 Å². The Hall–Kier alpha value is -0.603. The van der Waals surface area contributed by atoms with Crippen LogP contribution in [-0.4, -0.2) is 13.9 Å². The summed E-state index contributed by atoms with van der Waals surface area (Å²) in [6.45, 7) is 23.7. The maximum atomic E-state index is 6.90. The van der Waals surface area contributed by atoms with Gasteiger partial charge < -0.3 is 4.43 Å². The molecule has 0 aromatic rings. The van der Waals surface area contributed by atoms with Crippen molar-refractivity contribution in [1.82, 2.24) is 0 Å². The highest BCUT2D eigenvalue weighted by atomic mass is 28.4. The molecule has 0 radical (unpaired) electrons. The molecule has 21 heavy (non-hydrogen) atoms. The monoisotopic (exact) mass is 306 g/mol. The molecule has 0 saturated heterocycles. The van der Waals surface area contributed by atoms with E-state index in [1.54, 1.807) is 0 Å². The average Bonchev–Trinajstić information content (AvgIpc) is 2.39. The fourth-order valence-electron chi connectivity index (χ4n) is 3.25. The quantitative estimate of drug-likeness (QED) is 0.425. The number of hydrogen-bond donors (Lipinski definition) is 0. The minimum absolute atomic E-state index is 0.211. The van der Waals surface area contributed by atoms with Crippen LogP contribution in [0.3, 0.4) is 0 Å². The first-order valence-corrected chi connectivity index (χ1v) is 11.1. The first-order chi connectivity index (χ1) is 9.63. The van der Waals surface area contributed by atoms with Crippen molar-refractivity contribution in [3.8, 4) is 0 Å². The summed E-state index contributed by atoms with van der Waals surface area (Å²) in [6.07, 6.45) is 10.7. The Balaban J connectivity index is 3.18. The molecular formula is C19H34OSi. The van der Waals surface area contributed by atoms with E-state index in [0.29, 0.717) is 11.8 Å². The molecule has 0 aromatic carbocycles. The van der Waals surface area contributed by atoms with Gasteiger partial charge in [0.05, 0.1) is 5.60 Å². The zero-order valence-electron chi connectivity index (χ0n) is 14.7. The predicted octanol–water partition coefficient (Wildman–Crippen LogP) is 6.11. The summed E-state index contributed by atoms with van der Waals surface area (Å²) in [6, 6.07) is 0. The maximum Gasteiger partial charge on any atom is 0.193 e. The third-order valence-electron chi connectivity index (χ3n) is 5.57. The lowest BCUT2D eigenvalue weighted by molar-refractivity contribution is -0.0105. The van der Waals surface area contributed by atoms with Gasteiger partial charge in [0.1, 0.15) is 0 Å². The third-order valence-corrected chi connectivity index (χ3v) is 10.1. The Bertz CT molecular complexity index is 391. The first-order valence-electron chi connectivity index (χ1n) is 8.21. The van der Waals surface area contributed by atoms with Gasteiger partial charge in [0, 0.05) is 5.92 Å². The van der Waals surface area contributed by atoms with Gasteiger partial charge in [0.15, 0.2) is 8.32 Å². The minimum Gasteiger partial charge on any atom is -0.408 e. The van der Waals surface area contributed by atoms with Crippen molar-refractivity contribution in [2.45, 2.75) is 70.2 Å². The molecule has 0 spiro atoms. The standard InChI is InChI=1S/C19H34OSi/c1-9-13-17-16(10-2)14-12-15-19(17,11-3)20-21(7,8)18(4,5)6/h9-11,16-17H,1-3,12-15H2,4-8H3/t16-,17+,19-/m1/s1. The van der Waals surface area contributed by atoms with Gasteiger partial charge in [0.2, 0.25) is 0 Å². The highest BCUT2D eigenvalue weighted by Crippen LogP contribution is 2.48. The fraction of sp³-hybridized carbons (Fsp3) is 0.684. The van der Waals surface area contributed by atoms with Crippen LogP contribution in [0.5, 0.6) is 0 Å². The molecule has 2 heteroatoms. The third kappa shape index (κ3) is 3.78.